The van der Waals surface area contributed by atoms with E-state index in [4.69, 9.17) is 16.3 Å². The molecule has 0 unspecified atom stereocenters. The molecule has 5 nitrogen and oxygen atoms in total. The van der Waals surface area contributed by atoms with E-state index in [0.717, 1.165) is 24.0 Å². The Balaban J connectivity index is 1.55. The number of hydrazine groups is 1. The fourth-order valence-corrected chi connectivity index (χ4v) is 5.27. The lowest BCUT2D eigenvalue weighted by molar-refractivity contribution is -0.117. The van der Waals surface area contributed by atoms with E-state index in [-0.39, 0.29) is 11.5 Å². The lowest BCUT2D eigenvalue weighted by Crippen LogP contribution is -2.35. The summed E-state index contributed by atoms with van der Waals surface area (Å²) in [6.07, 6.45) is 1.61. The molecule has 1 aliphatic rings. The Morgan fingerprint density at radius 1 is 0.968 bits per heavy atom. The summed E-state index contributed by atoms with van der Waals surface area (Å²) < 4.78 is 7.77. The highest BCUT2D eigenvalue weighted by molar-refractivity contribution is 14.1. The number of hydrogen-bond acceptors (Lipinski definition) is 3. The number of para-hydroxylation sites is 1. The van der Waals surface area contributed by atoms with Crippen LogP contribution in [0.1, 0.15) is 11.1 Å². The first-order chi connectivity index (χ1) is 14.9. The van der Waals surface area contributed by atoms with Crippen molar-refractivity contribution in [2.45, 2.75) is 6.61 Å². The van der Waals surface area contributed by atoms with E-state index in [9.17, 15) is 9.59 Å². The van der Waals surface area contributed by atoms with Gasteiger partial charge < -0.3 is 4.74 Å². The van der Waals surface area contributed by atoms with Crippen LogP contribution in [-0.4, -0.2) is 11.8 Å². The molecular weight excluding hydrogens is 642 g/mol. The van der Waals surface area contributed by atoms with Crippen LogP contribution in [-0.2, 0) is 16.2 Å². The molecule has 0 aromatic heterocycles. The number of carbonyl (C=O) groups excluding carboxylic acids is 2. The van der Waals surface area contributed by atoms with Gasteiger partial charge >= 0.3 is 0 Å². The maximum absolute atomic E-state index is 12.8. The molecule has 3 aromatic carbocycles. The predicted octanol–water partition coefficient (Wildman–Crippen LogP) is 5.59. The van der Waals surface area contributed by atoms with Gasteiger partial charge in [-0.3, -0.25) is 15.0 Å². The zero-order chi connectivity index (χ0) is 22.0. The molecule has 1 saturated heterocycles. The number of carbonyl (C=O) groups is 2. The second-order valence-electron chi connectivity index (χ2n) is 6.70. The van der Waals surface area contributed by atoms with Gasteiger partial charge in [-0.05, 0) is 98.8 Å². The van der Waals surface area contributed by atoms with Crippen LogP contribution in [0.2, 0.25) is 5.02 Å². The summed E-state index contributed by atoms with van der Waals surface area (Å²) in [4.78, 5) is 25.2. The van der Waals surface area contributed by atoms with Crippen LogP contribution in [0.15, 0.2) is 72.3 Å². The number of benzene rings is 3. The summed E-state index contributed by atoms with van der Waals surface area (Å²) in [6, 6.07) is 20.3. The maximum atomic E-state index is 12.8. The number of nitrogens with zero attached hydrogens (tertiary/aromatic N) is 1. The van der Waals surface area contributed by atoms with E-state index in [2.05, 4.69) is 50.6 Å². The van der Waals surface area contributed by atoms with E-state index in [1.807, 2.05) is 54.6 Å². The van der Waals surface area contributed by atoms with Gasteiger partial charge in [0.05, 0.1) is 12.8 Å². The molecule has 0 radical (unpaired) electrons. The van der Waals surface area contributed by atoms with Crippen molar-refractivity contribution in [3.05, 3.63) is 95.6 Å². The minimum absolute atomic E-state index is 0.0882. The molecule has 156 valence electrons. The van der Waals surface area contributed by atoms with E-state index in [0.29, 0.717) is 17.3 Å². The monoisotopic (exact) mass is 656 g/mol. The molecule has 0 spiro atoms. The second kappa shape index (κ2) is 9.58. The third kappa shape index (κ3) is 5.04. The Labute approximate surface area is 211 Å². The van der Waals surface area contributed by atoms with Gasteiger partial charge in [0.25, 0.3) is 11.8 Å². The Kier molecular flexibility index (Phi) is 6.83. The molecule has 0 bridgehead atoms. The van der Waals surface area contributed by atoms with E-state index in [1.54, 1.807) is 18.2 Å². The summed E-state index contributed by atoms with van der Waals surface area (Å²) in [5.74, 6) is -0.0578. The first-order valence-electron chi connectivity index (χ1n) is 9.21. The fraction of sp³-hybridized carbons (Fsp3) is 0.0435. The van der Waals surface area contributed by atoms with Gasteiger partial charge in [0.15, 0.2) is 0 Å². The van der Waals surface area contributed by atoms with Crippen molar-refractivity contribution in [3.63, 3.8) is 0 Å². The number of ether oxygens (including phenoxy) is 1. The highest BCUT2D eigenvalue weighted by Gasteiger charge is 2.34. The molecule has 8 heteroatoms. The van der Waals surface area contributed by atoms with Crippen molar-refractivity contribution in [1.82, 2.24) is 5.43 Å². The largest absolute Gasteiger partial charge is 0.487 e. The molecule has 4 rings (SSSR count). The van der Waals surface area contributed by atoms with Gasteiger partial charge in [-0.15, -0.1) is 0 Å². The van der Waals surface area contributed by atoms with Crippen LogP contribution >= 0.6 is 56.8 Å². The number of nitrogens with one attached hydrogen (secondary N) is 1. The van der Waals surface area contributed by atoms with E-state index in [1.165, 1.54) is 5.01 Å². The maximum Gasteiger partial charge on any atom is 0.282 e. The van der Waals surface area contributed by atoms with Crippen LogP contribution in [0.4, 0.5) is 5.69 Å². The molecule has 1 heterocycles. The van der Waals surface area contributed by atoms with Crippen molar-refractivity contribution in [2.24, 2.45) is 0 Å². The van der Waals surface area contributed by atoms with Gasteiger partial charge in [0, 0.05) is 5.02 Å². The third-order valence-corrected chi connectivity index (χ3v) is 6.39. The molecule has 0 aliphatic carbocycles. The predicted molar refractivity (Wildman–Crippen MR) is 138 cm³/mol. The Morgan fingerprint density at radius 3 is 2.26 bits per heavy atom. The van der Waals surface area contributed by atoms with Gasteiger partial charge in [-0.25, -0.2) is 5.01 Å². The Hall–Kier alpha value is -2.11. The zero-order valence-electron chi connectivity index (χ0n) is 15.9. The molecule has 31 heavy (non-hydrogen) atoms. The topological polar surface area (TPSA) is 58.6 Å². The molecule has 1 fully saturated rings. The summed E-state index contributed by atoms with van der Waals surface area (Å²) in [5.41, 5.74) is 5.07. The second-order valence-corrected chi connectivity index (χ2v) is 9.46. The highest BCUT2D eigenvalue weighted by atomic mass is 127. The van der Waals surface area contributed by atoms with Crippen LogP contribution in [0.5, 0.6) is 5.75 Å². The van der Waals surface area contributed by atoms with Crippen molar-refractivity contribution < 1.29 is 14.3 Å². The summed E-state index contributed by atoms with van der Waals surface area (Å²) in [5, 5.41) is 1.94. The van der Waals surface area contributed by atoms with Gasteiger partial charge in [0.1, 0.15) is 17.9 Å². The first kappa shape index (κ1) is 22.1. The first-order valence-corrected chi connectivity index (χ1v) is 11.7. The molecule has 3 aromatic rings. The SMILES string of the molecule is O=C1NN(c2ccccc2)C(=O)/C1=C\c1cc(I)c(OCc2ccc(Cl)cc2)c(I)c1. The Morgan fingerprint density at radius 2 is 1.61 bits per heavy atom. The fourth-order valence-electron chi connectivity index (χ4n) is 3.02. The van der Waals surface area contributed by atoms with Gasteiger partial charge in [-0.2, -0.15) is 0 Å². The van der Waals surface area contributed by atoms with Crippen molar-refractivity contribution >= 4 is 80.4 Å². The number of hydrogen-bond donors (Lipinski definition) is 1. The minimum Gasteiger partial charge on any atom is -0.487 e. The van der Waals surface area contributed by atoms with Crippen LogP contribution in [0.25, 0.3) is 6.08 Å². The normalized spacial score (nSPS) is 14.8. The molecular formula is C23H15ClI2N2O3. The lowest BCUT2D eigenvalue weighted by Gasteiger charge is -2.14. The third-order valence-electron chi connectivity index (χ3n) is 4.53. The molecule has 0 saturated carbocycles. The molecule has 1 N–H and O–H groups in total. The summed E-state index contributed by atoms with van der Waals surface area (Å²) >= 11 is 10.3. The van der Waals surface area contributed by atoms with Crippen molar-refractivity contribution in [3.8, 4) is 5.75 Å². The Bertz CT molecular complexity index is 1160. The molecule has 2 amide bonds. The average Bonchev–Trinajstić information content (AvgIpc) is 3.03. The summed E-state index contributed by atoms with van der Waals surface area (Å²) in [7, 11) is 0. The van der Waals surface area contributed by atoms with Crippen molar-refractivity contribution in [2.75, 3.05) is 5.01 Å². The standard InChI is InChI=1S/C23H15ClI2N2O3/c24-16-8-6-14(7-9-16)13-31-21-19(25)11-15(12-20(21)26)10-18-22(29)27-28(23(18)30)17-4-2-1-3-5-17/h1-12H,13H2,(H,27,29)/b18-10-. The van der Waals surface area contributed by atoms with Crippen LogP contribution < -0.4 is 15.2 Å². The molecule has 1 aliphatic heterocycles. The van der Waals surface area contributed by atoms with Crippen molar-refractivity contribution in [1.29, 1.82) is 0 Å². The van der Waals surface area contributed by atoms with Crippen LogP contribution in [0.3, 0.4) is 0 Å². The minimum atomic E-state index is -0.429. The number of anilines is 1. The average molecular weight is 657 g/mol. The quantitative estimate of drug-likeness (QED) is 0.222. The number of rotatable bonds is 5. The number of halogens is 3. The van der Waals surface area contributed by atoms with Gasteiger partial charge in [-0.1, -0.05) is 41.9 Å². The van der Waals surface area contributed by atoms with E-state index >= 15 is 0 Å². The van der Waals surface area contributed by atoms with Crippen LogP contribution in [0, 0.1) is 7.14 Å². The van der Waals surface area contributed by atoms with Gasteiger partial charge in [0.2, 0.25) is 0 Å². The van der Waals surface area contributed by atoms with E-state index < -0.39 is 5.91 Å². The summed E-state index contributed by atoms with van der Waals surface area (Å²) in [6.45, 7) is 0.413. The molecule has 0 atom stereocenters. The highest BCUT2D eigenvalue weighted by Crippen LogP contribution is 2.31. The zero-order valence-corrected chi connectivity index (χ0v) is 21.0. The smallest absolute Gasteiger partial charge is 0.282 e. The lowest BCUT2D eigenvalue weighted by atomic mass is 10.1. The number of amides is 2.